The van der Waals surface area contributed by atoms with Gasteiger partial charge in [0.05, 0.1) is 17.4 Å². The molecule has 0 spiro atoms. The molecule has 0 radical (unpaired) electrons. The lowest BCUT2D eigenvalue weighted by Gasteiger charge is -2.16. The van der Waals surface area contributed by atoms with Crippen molar-refractivity contribution >= 4 is 29.0 Å². The number of carbonyl (C=O) groups excluding carboxylic acids is 1. The largest absolute Gasteiger partial charge is 0.467 e. The van der Waals surface area contributed by atoms with Gasteiger partial charge in [0.2, 0.25) is 5.88 Å². The van der Waals surface area contributed by atoms with Gasteiger partial charge in [-0.3, -0.25) is 4.79 Å². The number of anilines is 2. The molecule has 1 aliphatic rings. The van der Waals surface area contributed by atoms with Gasteiger partial charge in [0.1, 0.15) is 10.8 Å². The fourth-order valence-corrected chi connectivity index (χ4v) is 2.82. The van der Waals surface area contributed by atoms with E-state index >= 15 is 0 Å². The predicted molar refractivity (Wildman–Crippen MR) is 94.4 cm³/mol. The number of alkyl halides is 3. The van der Waals surface area contributed by atoms with E-state index in [1.807, 2.05) is 6.07 Å². The smallest absolute Gasteiger partial charge is 0.422 e. The van der Waals surface area contributed by atoms with Crippen LogP contribution in [0.5, 0.6) is 5.88 Å². The van der Waals surface area contributed by atoms with E-state index in [0.717, 1.165) is 37.9 Å². The summed E-state index contributed by atoms with van der Waals surface area (Å²) in [5, 5.41) is 2.45. The minimum atomic E-state index is -4.50. The van der Waals surface area contributed by atoms with Crippen LogP contribution in [-0.4, -0.2) is 41.7 Å². The topological polar surface area (TPSA) is 67.4 Å². The predicted octanol–water partition coefficient (Wildman–Crippen LogP) is 3.92. The Morgan fingerprint density at radius 2 is 1.96 bits per heavy atom. The van der Waals surface area contributed by atoms with Crippen LogP contribution in [-0.2, 0) is 0 Å². The molecular formula is C17H16ClF3N4O2. The van der Waals surface area contributed by atoms with Crippen LogP contribution in [0.1, 0.15) is 23.2 Å². The number of amides is 1. The number of pyridine rings is 2. The highest BCUT2D eigenvalue weighted by Gasteiger charge is 2.29. The molecule has 0 saturated carbocycles. The second-order valence-electron chi connectivity index (χ2n) is 5.97. The molecule has 3 rings (SSSR count). The first kappa shape index (κ1) is 19.2. The summed E-state index contributed by atoms with van der Waals surface area (Å²) in [6.45, 7) is 0.414. The Balaban J connectivity index is 1.62. The number of rotatable bonds is 5. The van der Waals surface area contributed by atoms with E-state index in [4.69, 9.17) is 11.6 Å². The minimum Gasteiger partial charge on any atom is -0.467 e. The number of carbonyl (C=O) groups is 1. The Kier molecular flexibility index (Phi) is 5.69. The molecule has 10 heteroatoms. The van der Waals surface area contributed by atoms with Crippen molar-refractivity contribution < 1.29 is 22.7 Å². The molecule has 0 unspecified atom stereocenters. The summed E-state index contributed by atoms with van der Waals surface area (Å²) in [4.78, 5) is 22.4. The lowest BCUT2D eigenvalue weighted by atomic mass is 10.2. The second kappa shape index (κ2) is 7.99. The third kappa shape index (κ3) is 5.22. The molecule has 1 amide bonds. The van der Waals surface area contributed by atoms with Crippen molar-refractivity contribution in [3.63, 3.8) is 0 Å². The van der Waals surface area contributed by atoms with Crippen molar-refractivity contribution in [1.82, 2.24) is 9.97 Å². The normalized spacial score (nSPS) is 14.3. The molecule has 0 aliphatic carbocycles. The van der Waals surface area contributed by atoms with Crippen molar-refractivity contribution in [3.05, 3.63) is 41.2 Å². The lowest BCUT2D eigenvalue weighted by Crippen LogP contribution is -2.20. The Labute approximate surface area is 158 Å². The average molecular weight is 401 g/mol. The summed E-state index contributed by atoms with van der Waals surface area (Å²) in [6, 6.07) is 4.75. The van der Waals surface area contributed by atoms with E-state index in [-0.39, 0.29) is 16.5 Å². The summed E-state index contributed by atoms with van der Waals surface area (Å²) in [7, 11) is 0. The zero-order chi connectivity index (χ0) is 19.4. The van der Waals surface area contributed by atoms with E-state index in [9.17, 15) is 18.0 Å². The molecular weight excluding hydrogens is 385 g/mol. The van der Waals surface area contributed by atoms with Crippen molar-refractivity contribution in [3.8, 4) is 5.88 Å². The number of nitrogens with one attached hydrogen (secondary N) is 1. The zero-order valence-electron chi connectivity index (χ0n) is 14.1. The number of hydrogen-bond acceptors (Lipinski definition) is 5. The summed E-state index contributed by atoms with van der Waals surface area (Å²) in [5.74, 6) is -0.0500. The van der Waals surface area contributed by atoms with E-state index in [0.29, 0.717) is 5.69 Å². The summed E-state index contributed by atoms with van der Waals surface area (Å²) < 4.78 is 41.0. The Hall–Kier alpha value is -2.55. The van der Waals surface area contributed by atoms with Crippen LogP contribution in [0, 0.1) is 0 Å². The third-order valence-corrected chi connectivity index (χ3v) is 4.15. The maximum absolute atomic E-state index is 12.3. The molecule has 1 N–H and O–H groups in total. The van der Waals surface area contributed by atoms with Crippen LogP contribution in [0.3, 0.4) is 0 Å². The van der Waals surface area contributed by atoms with Crippen LogP contribution in [0.25, 0.3) is 0 Å². The maximum atomic E-state index is 12.3. The van der Waals surface area contributed by atoms with Gasteiger partial charge in [0, 0.05) is 19.3 Å². The molecule has 0 aromatic carbocycles. The standard InChI is InChI=1S/C17H16ClF3N4O2/c18-13-7-11(8-23-16(13)27-10-17(19,20)21)15(26)24-12-3-4-14(22-9-12)25-5-1-2-6-25/h3-4,7-9H,1-2,5-6,10H2,(H,24,26). The van der Waals surface area contributed by atoms with Crippen LogP contribution in [0.15, 0.2) is 30.6 Å². The fraction of sp³-hybridized carbons (Fsp3) is 0.353. The van der Waals surface area contributed by atoms with E-state index in [1.165, 1.54) is 6.07 Å². The molecule has 1 saturated heterocycles. The zero-order valence-corrected chi connectivity index (χ0v) is 14.8. The van der Waals surface area contributed by atoms with Gasteiger partial charge in [-0.1, -0.05) is 11.6 Å². The first-order chi connectivity index (χ1) is 12.8. The molecule has 2 aromatic rings. The fourth-order valence-electron chi connectivity index (χ4n) is 2.60. The number of nitrogens with zero attached hydrogens (tertiary/aromatic N) is 3. The van der Waals surface area contributed by atoms with Crippen molar-refractivity contribution in [2.24, 2.45) is 0 Å². The molecule has 1 aliphatic heterocycles. The third-order valence-electron chi connectivity index (χ3n) is 3.88. The van der Waals surface area contributed by atoms with Crippen molar-refractivity contribution in [2.75, 3.05) is 29.9 Å². The highest BCUT2D eigenvalue weighted by molar-refractivity contribution is 6.32. The Morgan fingerprint density at radius 1 is 1.22 bits per heavy atom. The molecule has 27 heavy (non-hydrogen) atoms. The molecule has 0 bridgehead atoms. The highest BCUT2D eigenvalue weighted by Crippen LogP contribution is 2.25. The summed E-state index contributed by atoms with van der Waals surface area (Å²) >= 11 is 5.85. The van der Waals surface area contributed by atoms with E-state index in [1.54, 1.807) is 12.3 Å². The quantitative estimate of drug-likeness (QED) is 0.823. The Morgan fingerprint density at radius 3 is 2.56 bits per heavy atom. The maximum Gasteiger partial charge on any atom is 0.422 e. The molecule has 3 heterocycles. The number of hydrogen-bond donors (Lipinski definition) is 1. The number of aromatic nitrogens is 2. The van der Waals surface area contributed by atoms with Crippen molar-refractivity contribution in [1.29, 1.82) is 0 Å². The van der Waals surface area contributed by atoms with Crippen molar-refractivity contribution in [2.45, 2.75) is 19.0 Å². The van der Waals surface area contributed by atoms with Gasteiger partial charge in [-0.25, -0.2) is 9.97 Å². The van der Waals surface area contributed by atoms with Gasteiger partial charge in [0.15, 0.2) is 6.61 Å². The monoisotopic (exact) mass is 400 g/mol. The SMILES string of the molecule is O=C(Nc1ccc(N2CCCC2)nc1)c1cnc(OCC(F)(F)F)c(Cl)c1. The van der Waals surface area contributed by atoms with Crippen LogP contribution < -0.4 is 15.0 Å². The molecule has 144 valence electrons. The number of halogens is 4. The summed E-state index contributed by atoms with van der Waals surface area (Å²) in [6.07, 6.45) is 0.406. The first-order valence-electron chi connectivity index (χ1n) is 8.19. The average Bonchev–Trinajstić information content (AvgIpc) is 3.15. The van der Waals surface area contributed by atoms with E-state index in [2.05, 4.69) is 24.9 Å². The second-order valence-corrected chi connectivity index (χ2v) is 6.38. The van der Waals surface area contributed by atoms with Gasteiger partial charge < -0.3 is 15.0 Å². The van der Waals surface area contributed by atoms with Crippen LogP contribution in [0.2, 0.25) is 5.02 Å². The van der Waals surface area contributed by atoms with Gasteiger partial charge in [-0.05, 0) is 31.0 Å². The first-order valence-corrected chi connectivity index (χ1v) is 8.57. The molecule has 2 aromatic heterocycles. The van der Waals surface area contributed by atoms with Gasteiger partial charge in [-0.2, -0.15) is 13.2 Å². The van der Waals surface area contributed by atoms with Gasteiger partial charge in [0.25, 0.3) is 5.91 Å². The van der Waals surface area contributed by atoms with Crippen LogP contribution in [0.4, 0.5) is 24.7 Å². The van der Waals surface area contributed by atoms with Gasteiger partial charge in [-0.15, -0.1) is 0 Å². The van der Waals surface area contributed by atoms with E-state index < -0.39 is 18.7 Å². The minimum absolute atomic E-state index is 0.0861. The lowest BCUT2D eigenvalue weighted by molar-refractivity contribution is -0.154. The highest BCUT2D eigenvalue weighted by atomic mass is 35.5. The van der Waals surface area contributed by atoms with Gasteiger partial charge >= 0.3 is 6.18 Å². The number of ether oxygens (including phenoxy) is 1. The Bertz CT molecular complexity index is 809. The molecule has 6 nitrogen and oxygen atoms in total. The van der Waals surface area contributed by atoms with Crippen LogP contribution >= 0.6 is 11.6 Å². The molecule has 1 fully saturated rings. The summed E-state index contributed by atoms with van der Waals surface area (Å²) in [5.41, 5.74) is 0.569. The molecule has 0 atom stereocenters.